The number of hydrogen-bond donors (Lipinski definition) is 3. The summed E-state index contributed by atoms with van der Waals surface area (Å²) in [6, 6.07) is 3.48. The van der Waals surface area contributed by atoms with Gasteiger partial charge in [0.15, 0.2) is 5.82 Å². The van der Waals surface area contributed by atoms with Crippen LogP contribution >= 0.6 is 0 Å². The van der Waals surface area contributed by atoms with Crippen LogP contribution in [0.15, 0.2) is 18.2 Å². The molecule has 0 bridgehead atoms. The molecule has 2 aromatic rings. The smallest absolute Gasteiger partial charge is 0.257 e. The molecule has 4 rings (SSSR count). The molecule has 1 saturated carbocycles. The van der Waals surface area contributed by atoms with E-state index in [1.165, 1.54) is 6.07 Å². The molecule has 1 aromatic heterocycles. The fourth-order valence-electron chi connectivity index (χ4n) is 3.52. The fraction of sp³-hybridized carbons (Fsp3) is 0.368. The normalized spacial score (nSPS) is 20.2. The van der Waals surface area contributed by atoms with Crippen molar-refractivity contribution in [1.29, 1.82) is 0 Å². The molecule has 0 saturated heterocycles. The Kier molecular flexibility index (Phi) is 4.66. The van der Waals surface area contributed by atoms with Gasteiger partial charge in [0.05, 0.1) is 17.8 Å². The molecule has 1 aliphatic carbocycles. The van der Waals surface area contributed by atoms with Crippen molar-refractivity contribution in [3.63, 3.8) is 0 Å². The van der Waals surface area contributed by atoms with E-state index < -0.39 is 11.6 Å². The van der Waals surface area contributed by atoms with Crippen LogP contribution in [0, 0.1) is 17.6 Å². The molecule has 1 aliphatic heterocycles. The first-order chi connectivity index (χ1) is 13.5. The minimum absolute atomic E-state index is 0.000302. The molecule has 146 valence electrons. The number of rotatable bonds is 5. The SMILES string of the molecule is CCNC(=O)[C@H]1C[C@H](Nc2nc(-c3c(F)cccc3F)nc3c2C(=O)NC3)C1. The molecular weight excluding hydrogens is 368 g/mol. The van der Waals surface area contributed by atoms with Gasteiger partial charge in [0.25, 0.3) is 5.91 Å². The van der Waals surface area contributed by atoms with Crippen molar-refractivity contribution in [2.45, 2.75) is 32.4 Å². The Morgan fingerprint density at radius 2 is 1.93 bits per heavy atom. The van der Waals surface area contributed by atoms with Crippen LogP contribution in [0.1, 0.15) is 35.8 Å². The number of carbonyl (C=O) groups excluding carboxylic acids is 2. The van der Waals surface area contributed by atoms with Gasteiger partial charge in [-0.3, -0.25) is 9.59 Å². The highest BCUT2D eigenvalue weighted by atomic mass is 19.1. The number of aromatic nitrogens is 2. The first kappa shape index (κ1) is 18.3. The van der Waals surface area contributed by atoms with Gasteiger partial charge in [0, 0.05) is 18.5 Å². The van der Waals surface area contributed by atoms with Crippen LogP contribution in [0.3, 0.4) is 0 Å². The summed E-state index contributed by atoms with van der Waals surface area (Å²) in [7, 11) is 0. The standard InChI is InChI=1S/C19H19F2N5O2/c1-2-22-18(27)9-6-10(7-9)24-17-15-13(8-23-19(15)28)25-16(26-17)14-11(20)4-3-5-12(14)21/h3-5,9-10H,2,6-8H2,1H3,(H,22,27)(H,23,28)(H,24,25,26)/t9-,10-. The van der Waals surface area contributed by atoms with Gasteiger partial charge in [0.1, 0.15) is 23.0 Å². The van der Waals surface area contributed by atoms with E-state index in [4.69, 9.17) is 0 Å². The van der Waals surface area contributed by atoms with Gasteiger partial charge in [-0.15, -0.1) is 0 Å². The van der Waals surface area contributed by atoms with Gasteiger partial charge >= 0.3 is 0 Å². The molecular formula is C19H19F2N5O2. The van der Waals surface area contributed by atoms with Gasteiger partial charge in [-0.05, 0) is 31.9 Å². The average molecular weight is 387 g/mol. The Balaban J connectivity index is 1.63. The summed E-state index contributed by atoms with van der Waals surface area (Å²) in [6.45, 7) is 2.60. The maximum absolute atomic E-state index is 14.2. The summed E-state index contributed by atoms with van der Waals surface area (Å²) in [4.78, 5) is 32.5. The third kappa shape index (κ3) is 3.17. The van der Waals surface area contributed by atoms with Crippen molar-refractivity contribution in [3.05, 3.63) is 41.1 Å². The van der Waals surface area contributed by atoms with Crippen LogP contribution in [0.5, 0.6) is 0 Å². The molecule has 7 nitrogen and oxygen atoms in total. The summed E-state index contributed by atoms with van der Waals surface area (Å²) in [5.74, 6) is -1.86. The minimum atomic E-state index is -0.775. The number of nitrogens with zero attached hydrogens (tertiary/aromatic N) is 2. The highest BCUT2D eigenvalue weighted by Gasteiger charge is 2.36. The van der Waals surface area contributed by atoms with E-state index in [9.17, 15) is 18.4 Å². The number of anilines is 1. The van der Waals surface area contributed by atoms with Crippen molar-refractivity contribution < 1.29 is 18.4 Å². The first-order valence-electron chi connectivity index (χ1n) is 9.15. The molecule has 3 N–H and O–H groups in total. The average Bonchev–Trinajstić information content (AvgIpc) is 2.99. The topological polar surface area (TPSA) is 96.0 Å². The van der Waals surface area contributed by atoms with Crippen LogP contribution in [0.2, 0.25) is 0 Å². The van der Waals surface area contributed by atoms with Gasteiger partial charge in [-0.2, -0.15) is 0 Å². The van der Waals surface area contributed by atoms with E-state index >= 15 is 0 Å². The van der Waals surface area contributed by atoms with Gasteiger partial charge in [0.2, 0.25) is 5.91 Å². The van der Waals surface area contributed by atoms with Crippen LogP contribution in [-0.4, -0.2) is 34.4 Å². The second-order valence-electron chi connectivity index (χ2n) is 6.90. The quantitative estimate of drug-likeness (QED) is 0.729. The number of benzene rings is 1. The number of nitrogens with one attached hydrogen (secondary N) is 3. The monoisotopic (exact) mass is 387 g/mol. The molecule has 0 unspecified atom stereocenters. The summed E-state index contributed by atoms with van der Waals surface area (Å²) in [5, 5.41) is 8.59. The molecule has 0 radical (unpaired) electrons. The molecule has 9 heteroatoms. The maximum atomic E-state index is 14.2. The van der Waals surface area contributed by atoms with Gasteiger partial charge in [-0.25, -0.2) is 18.7 Å². The van der Waals surface area contributed by atoms with Crippen molar-refractivity contribution in [2.24, 2.45) is 5.92 Å². The summed E-state index contributed by atoms with van der Waals surface area (Å²) in [6.07, 6.45) is 1.19. The minimum Gasteiger partial charge on any atom is -0.366 e. The highest BCUT2D eigenvalue weighted by Crippen LogP contribution is 2.33. The third-order valence-corrected chi connectivity index (χ3v) is 5.01. The first-order valence-corrected chi connectivity index (χ1v) is 9.15. The highest BCUT2D eigenvalue weighted by molar-refractivity contribution is 6.02. The van der Waals surface area contributed by atoms with Crippen molar-refractivity contribution >= 4 is 17.6 Å². The molecule has 2 heterocycles. The van der Waals surface area contributed by atoms with E-state index in [2.05, 4.69) is 25.9 Å². The number of halogens is 2. The van der Waals surface area contributed by atoms with Crippen LogP contribution < -0.4 is 16.0 Å². The lowest BCUT2D eigenvalue weighted by atomic mass is 9.79. The number of hydrogen-bond acceptors (Lipinski definition) is 5. The Bertz CT molecular complexity index is 939. The Hall–Kier alpha value is -3.10. The van der Waals surface area contributed by atoms with Crippen LogP contribution in [-0.2, 0) is 11.3 Å². The Morgan fingerprint density at radius 1 is 1.21 bits per heavy atom. The predicted molar refractivity (Wildman–Crippen MR) is 97.4 cm³/mol. The predicted octanol–water partition coefficient (Wildman–Crippen LogP) is 1.99. The number of carbonyl (C=O) groups is 2. The molecule has 2 amide bonds. The lowest BCUT2D eigenvalue weighted by molar-refractivity contribution is -0.127. The molecule has 1 aromatic carbocycles. The van der Waals surface area contributed by atoms with Gasteiger partial charge < -0.3 is 16.0 Å². The lowest BCUT2D eigenvalue weighted by Crippen LogP contribution is -2.44. The molecule has 0 spiro atoms. The fourth-order valence-corrected chi connectivity index (χ4v) is 3.52. The molecule has 2 aliphatic rings. The number of fused-ring (bicyclic) bond motifs is 1. The van der Waals surface area contributed by atoms with Crippen molar-refractivity contribution in [1.82, 2.24) is 20.6 Å². The zero-order valence-corrected chi connectivity index (χ0v) is 15.2. The zero-order valence-electron chi connectivity index (χ0n) is 15.2. The summed E-state index contributed by atoms with van der Waals surface area (Å²) >= 11 is 0. The van der Waals surface area contributed by atoms with E-state index in [0.717, 1.165) is 12.1 Å². The van der Waals surface area contributed by atoms with Crippen LogP contribution in [0.25, 0.3) is 11.4 Å². The Labute approximate surface area is 160 Å². The lowest BCUT2D eigenvalue weighted by Gasteiger charge is -2.35. The molecule has 28 heavy (non-hydrogen) atoms. The summed E-state index contributed by atoms with van der Waals surface area (Å²) in [5.41, 5.74) is 0.336. The maximum Gasteiger partial charge on any atom is 0.257 e. The Morgan fingerprint density at radius 3 is 2.61 bits per heavy atom. The van der Waals surface area contributed by atoms with Gasteiger partial charge in [-0.1, -0.05) is 6.07 Å². The largest absolute Gasteiger partial charge is 0.366 e. The number of amides is 2. The van der Waals surface area contributed by atoms with Crippen LogP contribution in [0.4, 0.5) is 14.6 Å². The van der Waals surface area contributed by atoms with E-state index in [-0.39, 0.29) is 53.1 Å². The third-order valence-electron chi connectivity index (χ3n) is 5.01. The molecule has 0 atom stereocenters. The van der Waals surface area contributed by atoms with Crippen molar-refractivity contribution in [2.75, 3.05) is 11.9 Å². The van der Waals surface area contributed by atoms with E-state index in [0.29, 0.717) is 25.1 Å². The van der Waals surface area contributed by atoms with E-state index in [1.807, 2.05) is 6.92 Å². The van der Waals surface area contributed by atoms with Crippen molar-refractivity contribution in [3.8, 4) is 11.4 Å². The summed E-state index contributed by atoms with van der Waals surface area (Å²) < 4.78 is 28.4. The van der Waals surface area contributed by atoms with E-state index in [1.54, 1.807) is 0 Å². The zero-order chi connectivity index (χ0) is 19.8. The molecule has 1 fully saturated rings. The second-order valence-corrected chi connectivity index (χ2v) is 6.90. The second kappa shape index (κ2) is 7.14.